The highest BCUT2D eigenvalue weighted by atomic mass is 16.2. The number of carbonyl (C=O) groups excluding carboxylic acids is 1. The van der Waals surface area contributed by atoms with Gasteiger partial charge in [0.25, 0.3) is 0 Å². The number of aromatic nitrogens is 2. The maximum atomic E-state index is 10.3. The van der Waals surface area contributed by atoms with Crippen LogP contribution in [0.2, 0.25) is 0 Å². The number of nitrogens with zero attached hydrogens (tertiary/aromatic N) is 2. The summed E-state index contributed by atoms with van der Waals surface area (Å²) in [4.78, 5) is 18.8. The molecule has 0 aliphatic carbocycles. The summed E-state index contributed by atoms with van der Waals surface area (Å²) in [5.41, 5.74) is 4.02. The number of hydrogen-bond acceptors (Lipinski definition) is 4. The van der Waals surface area contributed by atoms with Crippen molar-refractivity contribution in [3.8, 4) is 0 Å². The molecule has 2 aromatic heterocycles. The first-order valence-corrected chi connectivity index (χ1v) is 8.52. The summed E-state index contributed by atoms with van der Waals surface area (Å²) >= 11 is 0. The molecule has 0 spiro atoms. The van der Waals surface area contributed by atoms with Crippen LogP contribution in [-0.4, -0.2) is 28.0 Å². The van der Waals surface area contributed by atoms with Crippen LogP contribution < -0.4 is 0 Å². The van der Waals surface area contributed by atoms with Gasteiger partial charge in [0.15, 0.2) is 0 Å². The van der Waals surface area contributed by atoms with E-state index < -0.39 is 0 Å². The predicted molar refractivity (Wildman–Crippen MR) is 104 cm³/mol. The number of benzene rings is 2. The Bertz CT molecular complexity index is 1010. The highest BCUT2D eigenvalue weighted by Crippen LogP contribution is 2.13. The first kappa shape index (κ1) is 17.7. The van der Waals surface area contributed by atoms with E-state index in [1.54, 1.807) is 6.20 Å². The van der Waals surface area contributed by atoms with Crippen molar-refractivity contribution >= 4 is 28.1 Å². The molecule has 0 unspecified atom stereocenters. The van der Waals surface area contributed by atoms with E-state index in [0.717, 1.165) is 39.2 Å². The minimum Gasteiger partial charge on any atom is -0.396 e. The van der Waals surface area contributed by atoms with Gasteiger partial charge < -0.3 is 9.90 Å². The average Bonchev–Trinajstić information content (AvgIpc) is 2.69. The summed E-state index contributed by atoms with van der Waals surface area (Å²) in [7, 11) is 0. The van der Waals surface area contributed by atoms with Crippen LogP contribution >= 0.6 is 0 Å². The van der Waals surface area contributed by atoms with Gasteiger partial charge in [0.2, 0.25) is 0 Å². The molecule has 130 valence electrons. The van der Waals surface area contributed by atoms with Gasteiger partial charge in [-0.2, -0.15) is 0 Å². The van der Waals surface area contributed by atoms with Crippen LogP contribution in [-0.2, 0) is 17.6 Å². The minimum absolute atomic E-state index is 0.181. The molecule has 2 heterocycles. The molecule has 0 bridgehead atoms. The number of aliphatic hydroxyl groups excluding tert-OH is 1. The molecule has 0 fully saturated rings. The molecule has 0 atom stereocenters. The van der Waals surface area contributed by atoms with Crippen molar-refractivity contribution in [3.05, 3.63) is 84.2 Å². The van der Waals surface area contributed by atoms with E-state index in [2.05, 4.69) is 16.0 Å². The van der Waals surface area contributed by atoms with Gasteiger partial charge in [-0.05, 0) is 41.8 Å². The highest BCUT2D eigenvalue weighted by molar-refractivity contribution is 5.79. The van der Waals surface area contributed by atoms with Gasteiger partial charge in [-0.1, -0.05) is 36.4 Å². The quantitative estimate of drug-likeness (QED) is 0.573. The zero-order valence-electron chi connectivity index (χ0n) is 14.4. The van der Waals surface area contributed by atoms with Crippen LogP contribution in [0, 0.1) is 0 Å². The fourth-order valence-electron chi connectivity index (χ4n) is 2.71. The smallest absolute Gasteiger partial charge is 0.124 e. The Hall–Kier alpha value is -3.11. The Labute approximate surface area is 152 Å². The second-order valence-corrected chi connectivity index (χ2v) is 5.92. The Kier molecular flexibility index (Phi) is 6.01. The minimum atomic E-state index is 0.181. The normalized spacial score (nSPS) is 10.3. The molecule has 0 saturated carbocycles. The summed E-state index contributed by atoms with van der Waals surface area (Å²) in [6.45, 7) is 0.181. The molecule has 0 saturated heterocycles. The summed E-state index contributed by atoms with van der Waals surface area (Å²) in [6.07, 6.45) is 5.58. The molecule has 4 rings (SSSR count). The molecule has 4 heteroatoms. The Balaban J connectivity index is 0.000000151. The molecule has 0 aliphatic rings. The van der Waals surface area contributed by atoms with Crippen LogP contribution in [0.25, 0.3) is 21.8 Å². The maximum absolute atomic E-state index is 10.3. The van der Waals surface area contributed by atoms with E-state index in [9.17, 15) is 4.79 Å². The molecule has 1 N–H and O–H groups in total. The van der Waals surface area contributed by atoms with Crippen molar-refractivity contribution in [1.29, 1.82) is 0 Å². The van der Waals surface area contributed by atoms with E-state index in [0.29, 0.717) is 12.8 Å². The summed E-state index contributed by atoms with van der Waals surface area (Å²) in [5.74, 6) is 0. The maximum Gasteiger partial charge on any atom is 0.124 e. The zero-order chi connectivity index (χ0) is 18.2. The third-order valence-electron chi connectivity index (χ3n) is 4.01. The number of fused-ring (bicyclic) bond motifs is 2. The van der Waals surface area contributed by atoms with E-state index in [1.807, 2.05) is 60.8 Å². The molecule has 0 amide bonds. The lowest BCUT2D eigenvalue weighted by molar-refractivity contribution is -0.107. The zero-order valence-corrected chi connectivity index (χ0v) is 14.4. The standard InChI is InChI=1S/C11H11NO.C11H9NO/c2*13-6-5-9-7-10-3-1-2-4-11(10)12-8-9/h1-4,7-8,13H,5-6H2;1-4,6-8H,5H2. The molecular formula is C22H20N2O2. The van der Waals surface area contributed by atoms with Crippen LogP contribution in [0.5, 0.6) is 0 Å². The van der Waals surface area contributed by atoms with Crippen molar-refractivity contribution < 1.29 is 9.90 Å². The highest BCUT2D eigenvalue weighted by Gasteiger charge is 1.96. The van der Waals surface area contributed by atoms with Crippen molar-refractivity contribution in [3.63, 3.8) is 0 Å². The molecule has 0 radical (unpaired) electrons. The summed E-state index contributed by atoms with van der Waals surface area (Å²) in [5, 5.41) is 11.0. The van der Waals surface area contributed by atoms with Gasteiger partial charge in [0.1, 0.15) is 6.29 Å². The number of aliphatic hydroxyl groups is 1. The average molecular weight is 344 g/mol. The van der Waals surface area contributed by atoms with Crippen molar-refractivity contribution in [2.45, 2.75) is 12.8 Å². The van der Waals surface area contributed by atoms with Crippen LogP contribution in [0.4, 0.5) is 0 Å². The second-order valence-electron chi connectivity index (χ2n) is 5.92. The van der Waals surface area contributed by atoms with E-state index in [-0.39, 0.29) is 6.61 Å². The van der Waals surface area contributed by atoms with E-state index in [4.69, 9.17) is 5.11 Å². The fraction of sp³-hybridized carbons (Fsp3) is 0.136. The lowest BCUT2D eigenvalue weighted by Crippen LogP contribution is -1.91. The number of aldehydes is 1. The van der Waals surface area contributed by atoms with Crippen molar-refractivity contribution in [2.24, 2.45) is 0 Å². The van der Waals surface area contributed by atoms with Crippen LogP contribution in [0.3, 0.4) is 0 Å². The van der Waals surface area contributed by atoms with Crippen LogP contribution in [0.15, 0.2) is 73.1 Å². The molecule has 2 aromatic carbocycles. The lowest BCUT2D eigenvalue weighted by Gasteiger charge is -2.00. The third-order valence-corrected chi connectivity index (χ3v) is 4.01. The van der Waals surface area contributed by atoms with Crippen LogP contribution in [0.1, 0.15) is 11.1 Å². The molecule has 4 nitrogen and oxygen atoms in total. The van der Waals surface area contributed by atoms with Gasteiger partial charge in [-0.3, -0.25) is 9.97 Å². The number of para-hydroxylation sites is 2. The number of carbonyl (C=O) groups is 1. The van der Waals surface area contributed by atoms with Gasteiger partial charge in [-0.25, -0.2) is 0 Å². The number of pyridine rings is 2. The fourth-order valence-corrected chi connectivity index (χ4v) is 2.71. The molecule has 26 heavy (non-hydrogen) atoms. The first-order chi connectivity index (χ1) is 12.8. The van der Waals surface area contributed by atoms with Gasteiger partial charge in [-0.15, -0.1) is 0 Å². The Morgan fingerprint density at radius 2 is 1.35 bits per heavy atom. The SMILES string of the molecule is O=CCc1cnc2ccccc2c1.OCCc1cnc2ccccc2c1. The Morgan fingerprint density at radius 3 is 1.92 bits per heavy atom. The Morgan fingerprint density at radius 1 is 0.808 bits per heavy atom. The third kappa shape index (κ3) is 4.49. The van der Waals surface area contributed by atoms with E-state index >= 15 is 0 Å². The molecular weight excluding hydrogens is 324 g/mol. The lowest BCUT2D eigenvalue weighted by atomic mass is 10.1. The second kappa shape index (κ2) is 8.83. The van der Waals surface area contributed by atoms with Gasteiger partial charge in [0.05, 0.1) is 11.0 Å². The summed E-state index contributed by atoms with van der Waals surface area (Å²) in [6, 6.07) is 19.9. The molecule has 4 aromatic rings. The number of hydrogen-bond donors (Lipinski definition) is 1. The van der Waals surface area contributed by atoms with Gasteiger partial charge >= 0.3 is 0 Å². The predicted octanol–water partition coefficient (Wildman–Crippen LogP) is 3.75. The van der Waals surface area contributed by atoms with Crippen molar-refractivity contribution in [1.82, 2.24) is 9.97 Å². The topological polar surface area (TPSA) is 63.1 Å². The van der Waals surface area contributed by atoms with Gasteiger partial charge in [0, 0.05) is 36.2 Å². The van der Waals surface area contributed by atoms with E-state index in [1.165, 1.54) is 0 Å². The van der Waals surface area contributed by atoms with Crippen molar-refractivity contribution in [2.75, 3.05) is 6.61 Å². The summed E-state index contributed by atoms with van der Waals surface area (Å²) < 4.78 is 0. The monoisotopic (exact) mass is 344 g/mol. The molecule has 0 aliphatic heterocycles. The first-order valence-electron chi connectivity index (χ1n) is 8.52. The number of rotatable bonds is 4. The largest absolute Gasteiger partial charge is 0.396 e.